The molecule has 0 heterocycles. The standard InChI is InChI=1S/C22H39N5O4/c1-14(19-17(28)12-22(2,3)13-18(19)29)26-11-7-5-8-15(24)21(31)27-16(20(25)30)9-4-6-10-23/h15-16,28H,4-13,23-24H2,1-3H3,(H2,25,30)(H,27,31)/t15-,16-/m0/s1. The van der Waals surface area contributed by atoms with Crippen LogP contribution in [-0.4, -0.2) is 53.6 Å². The highest BCUT2D eigenvalue weighted by Gasteiger charge is 2.33. The number of hydrogen-bond acceptors (Lipinski definition) is 7. The van der Waals surface area contributed by atoms with Gasteiger partial charge in [-0.3, -0.25) is 19.4 Å². The summed E-state index contributed by atoms with van der Waals surface area (Å²) in [6.45, 7) is 6.63. The fraction of sp³-hybridized carbons (Fsp3) is 0.727. The van der Waals surface area contributed by atoms with Crippen molar-refractivity contribution in [3.05, 3.63) is 11.3 Å². The van der Waals surface area contributed by atoms with Crippen LogP contribution in [0.5, 0.6) is 0 Å². The molecule has 0 aliphatic heterocycles. The number of aliphatic hydroxyl groups is 1. The van der Waals surface area contributed by atoms with Crippen molar-refractivity contribution in [1.29, 1.82) is 0 Å². The summed E-state index contributed by atoms with van der Waals surface area (Å²) >= 11 is 0. The molecule has 0 aromatic carbocycles. The first-order valence-corrected chi connectivity index (χ1v) is 11.0. The number of amides is 2. The van der Waals surface area contributed by atoms with Gasteiger partial charge in [0.25, 0.3) is 0 Å². The predicted octanol–water partition coefficient (Wildman–Crippen LogP) is 1.25. The Kier molecular flexibility index (Phi) is 10.8. The number of unbranched alkanes of at least 4 members (excludes halogenated alkanes) is 2. The Morgan fingerprint density at radius 3 is 2.39 bits per heavy atom. The van der Waals surface area contributed by atoms with Crippen molar-refractivity contribution < 1.29 is 19.5 Å². The Hall–Kier alpha value is -2.26. The van der Waals surface area contributed by atoms with Crippen molar-refractivity contribution in [2.24, 2.45) is 27.6 Å². The van der Waals surface area contributed by atoms with Crippen LogP contribution in [0.15, 0.2) is 16.3 Å². The highest BCUT2D eigenvalue weighted by Crippen LogP contribution is 2.36. The van der Waals surface area contributed by atoms with Gasteiger partial charge in [-0.1, -0.05) is 13.8 Å². The Morgan fingerprint density at radius 1 is 1.16 bits per heavy atom. The van der Waals surface area contributed by atoms with E-state index in [1.54, 1.807) is 6.92 Å². The van der Waals surface area contributed by atoms with E-state index in [2.05, 4.69) is 10.3 Å². The van der Waals surface area contributed by atoms with E-state index in [9.17, 15) is 19.5 Å². The van der Waals surface area contributed by atoms with Crippen LogP contribution in [0.1, 0.15) is 72.1 Å². The molecule has 9 heteroatoms. The van der Waals surface area contributed by atoms with E-state index in [0.29, 0.717) is 69.3 Å². The lowest BCUT2D eigenvalue weighted by Gasteiger charge is -2.29. The van der Waals surface area contributed by atoms with E-state index in [1.807, 2.05) is 13.8 Å². The van der Waals surface area contributed by atoms with Crippen LogP contribution in [0.2, 0.25) is 0 Å². The van der Waals surface area contributed by atoms with Crippen molar-refractivity contribution >= 4 is 23.3 Å². The van der Waals surface area contributed by atoms with Crippen molar-refractivity contribution in [1.82, 2.24) is 5.32 Å². The lowest BCUT2D eigenvalue weighted by atomic mass is 9.76. The normalized spacial score (nSPS) is 18.6. The lowest BCUT2D eigenvalue weighted by Crippen LogP contribution is -2.50. The molecule has 0 spiro atoms. The van der Waals surface area contributed by atoms with Crippen molar-refractivity contribution in [2.75, 3.05) is 13.1 Å². The van der Waals surface area contributed by atoms with Gasteiger partial charge in [0.15, 0.2) is 5.78 Å². The molecule has 1 aliphatic rings. The van der Waals surface area contributed by atoms with Gasteiger partial charge in [-0.15, -0.1) is 0 Å². The molecule has 9 nitrogen and oxygen atoms in total. The summed E-state index contributed by atoms with van der Waals surface area (Å²) in [4.78, 5) is 40.5. The highest BCUT2D eigenvalue weighted by atomic mass is 16.3. The van der Waals surface area contributed by atoms with Gasteiger partial charge in [-0.2, -0.15) is 0 Å². The number of ketones is 1. The maximum absolute atomic E-state index is 12.3. The number of carbonyl (C=O) groups excluding carboxylic acids is 3. The summed E-state index contributed by atoms with van der Waals surface area (Å²) in [6.07, 6.45) is 4.53. The van der Waals surface area contributed by atoms with Gasteiger partial charge < -0.3 is 27.6 Å². The van der Waals surface area contributed by atoms with Crippen molar-refractivity contribution in [3.63, 3.8) is 0 Å². The number of aliphatic imine (C=N–C) groups is 1. The molecular formula is C22H39N5O4. The molecule has 0 unspecified atom stereocenters. The minimum atomic E-state index is -0.740. The van der Waals surface area contributed by atoms with E-state index in [-0.39, 0.29) is 17.0 Å². The molecule has 0 radical (unpaired) electrons. The van der Waals surface area contributed by atoms with Gasteiger partial charge in [-0.05, 0) is 57.4 Å². The van der Waals surface area contributed by atoms with Gasteiger partial charge >= 0.3 is 0 Å². The summed E-state index contributed by atoms with van der Waals surface area (Å²) in [5.41, 5.74) is 17.4. The number of carbonyl (C=O) groups is 3. The smallest absolute Gasteiger partial charge is 0.240 e. The summed E-state index contributed by atoms with van der Waals surface area (Å²) in [7, 11) is 0. The molecular weight excluding hydrogens is 398 g/mol. The number of allylic oxidation sites excluding steroid dienone is 2. The van der Waals surface area contributed by atoms with Crippen LogP contribution in [-0.2, 0) is 14.4 Å². The highest BCUT2D eigenvalue weighted by molar-refractivity contribution is 6.22. The fourth-order valence-corrected chi connectivity index (χ4v) is 3.69. The quantitative estimate of drug-likeness (QED) is 0.214. The number of Topliss-reactive ketones (excluding diaryl/α,β-unsaturated/α-hetero) is 1. The number of nitrogens with zero attached hydrogens (tertiary/aromatic N) is 1. The average Bonchev–Trinajstić information content (AvgIpc) is 2.64. The number of aliphatic hydroxyl groups excluding tert-OH is 1. The third-order valence-electron chi connectivity index (χ3n) is 5.43. The Labute approximate surface area is 184 Å². The zero-order valence-corrected chi connectivity index (χ0v) is 19.1. The molecule has 0 aromatic rings. The maximum atomic E-state index is 12.3. The minimum Gasteiger partial charge on any atom is -0.511 e. The fourth-order valence-electron chi connectivity index (χ4n) is 3.69. The Morgan fingerprint density at radius 2 is 1.81 bits per heavy atom. The third-order valence-corrected chi connectivity index (χ3v) is 5.43. The average molecular weight is 438 g/mol. The first-order chi connectivity index (χ1) is 14.5. The van der Waals surface area contributed by atoms with Crippen LogP contribution < -0.4 is 22.5 Å². The van der Waals surface area contributed by atoms with E-state index >= 15 is 0 Å². The second-order valence-corrected chi connectivity index (χ2v) is 9.08. The Bertz CT molecular complexity index is 715. The molecule has 0 aromatic heterocycles. The molecule has 176 valence electrons. The largest absolute Gasteiger partial charge is 0.511 e. The zero-order chi connectivity index (χ0) is 23.6. The van der Waals surface area contributed by atoms with E-state index in [4.69, 9.17) is 17.2 Å². The number of rotatable bonds is 13. The van der Waals surface area contributed by atoms with Crippen LogP contribution in [0.4, 0.5) is 0 Å². The van der Waals surface area contributed by atoms with Gasteiger partial charge in [-0.25, -0.2) is 0 Å². The number of nitrogens with two attached hydrogens (primary N) is 3. The molecule has 0 saturated heterocycles. The van der Waals surface area contributed by atoms with Gasteiger partial charge in [0.2, 0.25) is 11.8 Å². The number of hydrogen-bond donors (Lipinski definition) is 5. The summed E-state index contributed by atoms with van der Waals surface area (Å²) in [5, 5.41) is 12.9. The van der Waals surface area contributed by atoms with E-state index in [1.165, 1.54) is 0 Å². The third kappa shape index (κ3) is 9.18. The molecule has 0 saturated carbocycles. The number of primary amides is 1. The Balaban J connectivity index is 2.45. The minimum absolute atomic E-state index is 0.0795. The monoisotopic (exact) mass is 437 g/mol. The maximum Gasteiger partial charge on any atom is 0.240 e. The molecule has 0 fully saturated rings. The van der Waals surface area contributed by atoms with Gasteiger partial charge in [0.05, 0.1) is 11.6 Å². The van der Waals surface area contributed by atoms with Crippen LogP contribution in [0, 0.1) is 5.41 Å². The second kappa shape index (κ2) is 12.6. The molecule has 8 N–H and O–H groups in total. The van der Waals surface area contributed by atoms with Gasteiger partial charge in [0.1, 0.15) is 11.8 Å². The van der Waals surface area contributed by atoms with E-state index in [0.717, 1.165) is 6.42 Å². The molecule has 2 atom stereocenters. The molecule has 31 heavy (non-hydrogen) atoms. The van der Waals surface area contributed by atoms with Crippen LogP contribution in [0.3, 0.4) is 0 Å². The topological polar surface area (TPSA) is 174 Å². The molecule has 0 bridgehead atoms. The van der Waals surface area contributed by atoms with Crippen molar-refractivity contribution in [2.45, 2.75) is 84.2 Å². The van der Waals surface area contributed by atoms with Crippen LogP contribution >= 0.6 is 0 Å². The SMILES string of the molecule is CC(=NCCCC[C@H](N)C(=O)N[C@@H](CCCCN)C(N)=O)C1=C(O)CC(C)(C)CC1=O. The first-order valence-electron chi connectivity index (χ1n) is 11.0. The molecule has 1 aliphatic carbocycles. The first kappa shape index (κ1) is 26.8. The van der Waals surface area contributed by atoms with Crippen LogP contribution in [0.25, 0.3) is 0 Å². The summed E-state index contributed by atoms with van der Waals surface area (Å²) in [5.74, 6) is -0.955. The summed E-state index contributed by atoms with van der Waals surface area (Å²) < 4.78 is 0. The zero-order valence-electron chi connectivity index (χ0n) is 19.1. The summed E-state index contributed by atoms with van der Waals surface area (Å²) in [6, 6.07) is -1.48. The number of nitrogens with one attached hydrogen (secondary N) is 1. The molecule has 1 rings (SSSR count). The van der Waals surface area contributed by atoms with E-state index < -0.39 is 23.9 Å². The second-order valence-electron chi connectivity index (χ2n) is 9.08. The predicted molar refractivity (Wildman–Crippen MR) is 122 cm³/mol. The van der Waals surface area contributed by atoms with Gasteiger partial charge in [0, 0.05) is 25.1 Å². The lowest BCUT2D eigenvalue weighted by molar-refractivity contribution is -0.128. The van der Waals surface area contributed by atoms with Crippen molar-refractivity contribution in [3.8, 4) is 0 Å². The molecule has 2 amide bonds.